The molecule has 0 aliphatic rings. The predicted octanol–water partition coefficient (Wildman–Crippen LogP) is 2.23. The van der Waals surface area contributed by atoms with Crippen LogP contribution in [0, 0.1) is 0 Å². The van der Waals surface area contributed by atoms with E-state index in [0.717, 1.165) is 17.6 Å². The smallest absolute Gasteiger partial charge is 0.125 e. The molecule has 2 nitrogen and oxygen atoms in total. The first-order chi connectivity index (χ1) is 5.07. The van der Waals surface area contributed by atoms with Crippen LogP contribution in [0.1, 0.15) is 27.2 Å². The zero-order chi connectivity index (χ0) is 8.85. The molecule has 2 heteroatoms. The lowest BCUT2D eigenvalue weighted by molar-refractivity contribution is 1.16. The van der Waals surface area contributed by atoms with Crippen LogP contribution in [0.5, 0.6) is 0 Å². The van der Waals surface area contributed by atoms with E-state index < -0.39 is 0 Å². The van der Waals surface area contributed by atoms with Crippen LogP contribution in [0.25, 0.3) is 0 Å². The van der Waals surface area contributed by atoms with Crippen molar-refractivity contribution in [2.75, 3.05) is 0 Å². The number of nitrogens with zero attached hydrogens (tertiary/aromatic N) is 1. The Morgan fingerprint density at radius 1 is 1.55 bits per heavy atom. The molecule has 0 rings (SSSR count). The Labute approximate surface area is 68.5 Å². The molecule has 0 aromatic rings. The van der Waals surface area contributed by atoms with Gasteiger partial charge in [0, 0.05) is 6.20 Å². The van der Waals surface area contributed by atoms with Gasteiger partial charge in [0.2, 0.25) is 0 Å². The van der Waals surface area contributed by atoms with Gasteiger partial charge in [-0.3, -0.25) is 0 Å². The molecule has 0 fully saturated rings. The molecule has 0 aliphatic heterocycles. The van der Waals surface area contributed by atoms with Gasteiger partial charge in [-0.2, -0.15) is 0 Å². The maximum absolute atomic E-state index is 5.58. The Kier molecular flexibility index (Phi) is 4.27. The zero-order valence-corrected chi connectivity index (χ0v) is 7.52. The Hall–Kier alpha value is -1.05. The van der Waals surface area contributed by atoms with E-state index in [1.807, 2.05) is 20.8 Å². The molecule has 0 amide bonds. The van der Waals surface area contributed by atoms with Crippen LogP contribution in [-0.2, 0) is 0 Å². The molecule has 0 heterocycles. The summed E-state index contributed by atoms with van der Waals surface area (Å²) in [4.78, 5) is 4.03. The molecule has 0 saturated carbocycles. The van der Waals surface area contributed by atoms with E-state index in [1.54, 1.807) is 6.20 Å². The number of allylic oxidation sites excluding steroid dienone is 1. The fourth-order valence-electron chi connectivity index (χ4n) is 0.471. The van der Waals surface area contributed by atoms with Gasteiger partial charge in [0.1, 0.15) is 5.84 Å². The first-order valence-electron chi connectivity index (χ1n) is 3.72. The molecule has 0 aliphatic carbocycles. The van der Waals surface area contributed by atoms with E-state index in [1.165, 1.54) is 0 Å². The number of hydrogen-bond donors (Lipinski definition) is 1. The summed E-state index contributed by atoms with van der Waals surface area (Å²) in [7, 11) is 0. The number of hydrogen-bond acceptors (Lipinski definition) is 1. The van der Waals surface area contributed by atoms with Crippen LogP contribution in [0.4, 0.5) is 0 Å². The molecule has 11 heavy (non-hydrogen) atoms. The second kappa shape index (κ2) is 4.72. The van der Waals surface area contributed by atoms with Crippen LogP contribution in [0.2, 0.25) is 0 Å². The summed E-state index contributed by atoms with van der Waals surface area (Å²) in [5.74, 6) is 0.536. The highest BCUT2D eigenvalue weighted by Crippen LogP contribution is 1.97. The molecule has 0 saturated heterocycles. The third kappa shape index (κ3) is 4.37. The number of aliphatic imine (C=N–C) groups is 1. The zero-order valence-electron chi connectivity index (χ0n) is 7.52. The first kappa shape index (κ1) is 9.95. The van der Waals surface area contributed by atoms with Crippen molar-refractivity contribution >= 4 is 5.84 Å². The molecule has 0 unspecified atom stereocenters. The van der Waals surface area contributed by atoms with Crippen molar-refractivity contribution in [3.63, 3.8) is 0 Å². The number of amidine groups is 1. The second-order valence-corrected chi connectivity index (χ2v) is 2.68. The van der Waals surface area contributed by atoms with Crippen molar-refractivity contribution in [3.05, 3.63) is 23.9 Å². The average molecular weight is 152 g/mol. The summed E-state index contributed by atoms with van der Waals surface area (Å²) >= 11 is 0. The van der Waals surface area contributed by atoms with Gasteiger partial charge < -0.3 is 5.73 Å². The standard InChI is InChI=1S/C9H16N2/c1-5-8(4)9(10)11-6-7(2)3/h6H,4-5H2,1-3H3,(H2,10,11). The van der Waals surface area contributed by atoms with Crippen LogP contribution < -0.4 is 5.73 Å². The van der Waals surface area contributed by atoms with Gasteiger partial charge in [-0.15, -0.1) is 0 Å². The SMILES string of the molecule is C=C(CC)C(N)=NC=C(C)C. The van der Waals surface area contributed by atoms with Crippen molar-refractivity contribution in [1.82, 2.24) is 0 Å². The Morgan fingerprint density at radius 3 is 2.45 bits per heavy atom. The van der Waals surface area contributed by atoms with Gasteiger partial charge in [-0.1, -0.05) is 19.1 Å². The molecule has 2 N–H and O–H groups in total. The Morgan fingerprint density at radius 2 is 2.09 bits per heavy atom. The normalized spacial score (nSPS) is 11.0. The fourth-order valence-corrected chi connectivity index (χ4v) is 0.471. The fraction of sp³-hybridized carbons (Fsp3) is 0.444. The molecular weight excluding hydrogens is 136 g/mol. The van der Waals surface area contributed by atoms with Crippen molar-refractivity contribution in [2.45, 2.75) is 27.2 Å². The molecule has 0 spiro atoms. The maximum atomic E-state index is 5.58. The van der Waals surface area contributed by atoms with Crippen molar-refractivity contribution in [1.29, 1.82) is 0 Å². The van der Waals surface area contributed by atoms with E-state index in [4.69, 9.17) is 5.73 Å². The first-order valence-corrected chi connectivity index (χ1v) is 3.72. The number of rotatable bonds is 3. The third-order valence-corrected chi connectivity index (χ3v) is 1.25. The lowest BCUT2D eigenvalue weighted by atomic mass is 10.2. The van der Waals surface area contributed by atoms with Gasteiger partial charge in [0.15, 0.2) is 0 Å². The molecule has 0 bridgehead atoms. The highest BCUT2D eigenvalue weighted by molar-refractivity contribution is 5.96. The summed E-state index contributed by atoms with van der Waals surface area (Å²) in [6.07, 6.45) is 2.60. The summed E-state index contributed by atoms with van der Waals surface area (Å²) in [5.41, 5.74) is 7.61. The van der Waals surface area contributed by atoms with Gasteiger partial charge >= 0.3 is 0 Å². The van der Waals surface area contributed by atoms with Crippen molar-refractivity contribution < 1.29 is 0 Å². The van der Waals surface area contributed by atoms with Crippen LogP contribution in [0.15, 0.2) is 28.9 Å². The van der Waals surface area contributed by atoms with Crippen molar-refractivity contribution in [3.8, 4) is 0 Å². The van der Waals surface area contributed by atoms with E-state index in [0.29, 0.717) is 5.84 Å². The largest absolute Gasteiger partial charge is 0.383 e. The molecule has 0 radical (unpaired) electrons. The Balaban J connectivity index is 4.23. The number of nitrogens with two attached hydrogens (primary N) is 1. The van der Waals surface area contributed by atoms with Crippen LogP contribution in [-0.4, -0.2) is 5.84 Å². The summed E-state index contributed by atoms with van der Waals surface area (Å²) in [6.45, 7) is 9.73. The van der Waals surface area contributed by atoms with Gasteiger partial charge in [-0.05, 0) is 25.8 Å². The topological polar surface area (TPSA) is 38.4 Å². The van der Waals surface area contributed by atoms with Crippen LogP contribution in [0.3, 0.4) is 0 Å². The lowest BCUT2D eigenvalue weighted by Gasteiger charge is -1.98. The minimum atomic E-state index is 0.536. The monoisotopic (exact) mass is 152 g/mol. The third-order valence-electron chi connectivity index (χ3n) is 1.25. The van der Waals surface area contributed by atoms with E-state index in [9.17, 15) is 0 Å². The molecular formula is C9H16N2. The average Bonchev–Trinajstić information content (AvgIpc) is 1.98. The highest BCUT2D eigenvalue weighted by atomic mass is 14.8. The lowest BCUT2D eigenvalue weighted by Crippen LogP contribution is -2.12. The minimum absolute atomic E-state index is 0.536. The van der Waals surface area contributed by atoms with E-state index >= 15 is 0 Å². The molecule has 62 valence electrons. The summed E-state index contributed by atoms with van der Waals surface area (Å²) in [5, 5.41) is 0. The molecule has 0 aromatic heterocycles. The molecule has 0 atom stereocenters. The highest BCUT2D eigenvalue weighted by Gasteiger charge is 1.92. The van der Waals surface area contributed by atoms with Gasteiger partial charge in [0.05, 0.1) is 0 Å². The van der Waals surface area contributed by atoms with Gasteiger partial charge in [-0.25, -0.2) is 4.99 Å². The van der Waals surface area contributed by atoms with E-state index in [-0.39, 0.29) is 0 Å². The molecule has 0 aromatic carbocycles. The quantitative estimate of drug-likeness (QED) is 0.489. The predicted molar refractivity (Wildman–Crippen MR) is 50.5 cm³/mol. The van der Waals surface area contributed by atoms with E-state index in [2.05, 4.69) is 11.6 Å². The summed E-state index contributed by atoms with van der Waals surface area (Å²) < 4.78 is 0. The van der Waals surface area contributed by atoms with Crippen LogP contribution >= 0.6 is 0 Å². The summed E-state index contributed by atoms with van der Waals surface area (Å²) in [6, 6.07) is 0. The maximum Gasteiger partial charge on any atom is 0.125 e. The Bertz CT molecular complexity index is 196. The van der Waals surface area contributed by atoms with Gasteiger partial charge in [0.25, 0.3) is 0 Å². The van der Waals surface area contributed by atoms with Crippen molar-refractivity contribution in [2.24, 2.45) is 10.7 Å². The minimum Gasteiger partial charge on any atom is -0.383 e. The second-order valence-electron chi connectivity index (χ2n) is 2.68.